The van der Waals surface area contributed by atoms with Crippen LogP contribution >= 0.6 is 0 Å². The van der Waals surface area contributed by atoms with Gasteiger partial charge in [0.1, 0.15) is 5.82 Å². The van der Waals surface area contributed by atoms with E-state index in [2.05, 4.69) is 50.0 Å². The molecule has 8 heteroatoms. The second-order valence-electron chi connectivity index (χ2n) is 9.48. The molecular formula is C28H29N7O. The molecule has 0 amide bonds. The highest BCUT2D eigenvalue weighted by Gasteiger charge is 2.23. The number of benzene rings is 1. The van der Waals surface area contributed by atoms with E-state index in [4.69, 9.17) is 4.98 Å². The summed E-state index contributed by atoms with van der Waals surface area (Å²) in [6.07, 6.45) is 7.74. The minimum atomic E-state index is -0.155. The summed E-state index contributed by atoms with van der Waals surface area (Å²) in [6.45, 7) is 3.50. The summed E-state index contributed by atoms with van der Waals surface area (Å²) in [4.78, 5) is 24.9. The molecule has 1 unspecified atom stereocenters. The fraction of sp³-hybridized carbons (Fsp3) is 0.286. The van der Waals surface area contributed by atoms with Crippen molar-refractivity contribution in [3.8, 4) is 0 Å². The summed E-state index contributed by atoms with van der Waals surface area (Å²) in [5.41, 5.74) is 3.98. The average Bonchev–Trinajstić information content (AvgIpc) is 3.39. The van der Waals surface area contributed by atoms with Gasteiger partial charge >= 0.3 is 0 Å². The number of rotatable bonds is 6. The molecule has 182 valence electrons. The van der Waals surface area contributed by atoms with Crippen molar-refractivity contribution in [3.63, 3.8) is 0 Å². The van der Waals surface area contributed by atoms with Crippen LogP contribution in [-0.4, -0.2) is 45.8 Å². The summed E-state index contributed by atoms with van der Waals surface area (Å²) in [6, 6.07) is 18.4. The van der Waals surface area contributed by atoms with Gasteiger partial charge in [-0.15, -0.1) is 0 Å². The smallest absolute Gasteiger partial charge is 0.259 e. The topological polar surface area (TPSA) is 98.3 Å². The van der Waals surface area contributed by atoms with Crippen LogP contribution in [0.15, 0.2) is 76.9 Å². The van der Waals surface area contributed by atoms with Gasteiger partial charge in [-0.25, -0.2) is 4.98 Å². The first-order valence-electron chi connectivity index (χ1n) is 12.5. The zero-order valence-electron chi connectivity index (χ0n) is 20.0. The number of nitrogens with zero attached hydrogens (tertiary/aromatic N) is 4. The maximum Gasteiger partial charge on any atom is 0.259 e. The SMILES string of the molecule is O=c1[nH]ccc2cc(C3C=NN(Cc4ccccn4)C3)nc(Nc3ccc(C4CCNCC4)cc3)c12. The molecule has 0 aliphatic carbocycles. The Bertz CT molecular complexity index is 1430. The number of fused-ring (bicyclic) bond motifs is 1. The third-order valence-corrected chi connectivity index (χ3v) is 7.03. The van der Waals surface area contributed by atoms with Crippen LogP contribution in [-0.2, 0) is 6.54 Å². The van der Waals surface area contributed by atoms with E-state index in [1.54, 1.807) is 12.4 Å². The number of nitrogens with one attached hydrogen (secondary N) is 3. The molecule has 3 aromatic heterocycles. The number of aromatic nitrogens is 3. The van der Waals surface area contributed by atoms with Crippen LogP contribution in [0.25, 0.3) is 10.8 Å². The van der Waals surface area contributed by atoms with Crippen LogP contribution in [0.4, 0.5) is 11.5 Å². The molecule has 0 spiro atoms. The van der Waals surface area contributed by atoms with E-state index in [9.17, 15) is 4.79 Å². The minimum Gasteiger partial charge on any atom is -0.340 e. The minimum absolute atomic E-state index is 0.0280. The van der Waals surface area contributed by atoms with E-state index in [0.29, 0.717) is 30.2 Å². The molecule has 3 N–H and O–H groups in total. The Morgan fingerprint density at radius 2 is 1.92 bits per heavy atom. The summed E-state index contributed by atoms with van der Waals surface area (Å²) in [7, 11) is 0. The van der Waals surface area contributed by atoms with Crippen molar-refractivity contribution < 1.29 is 0 Å². The highest BCUT2D eigenvalue weighted by atomic mass is 16.1. The summed E-state index contributed by atoms with van der Waals surface area (Å²) in [5.74, 6) is 1.19. The molecule has 36 heavy (non-hydrogen) atoms. The maximum absolute atomic E-state index is 12.8. The molecule has 1 atom stereocenters. The molecule has 0 saturated carbocycles. The van der Waals surface area contributed by atoms with Gasteiger partial charge in [0.05, 0.1) is 29.2 Å². The van der Waals surface area contributed by atoms with Crippen molar-refractivity contribution >= 4 is 28.5 Å². The van der Waals surface area contributed by atoms with Crippen LogP contribution in [0.3, 0.4) is 0 Å². The fourth-order valence-corrected chi connectivity index (χ4v) is 5.10. The molecule has 8 nitrogen and oxygen atoms in total. The van der Waals surface area contributed by atoms with E-state index < -0.39 is 0 Å². The number of pyridine rings is 3. The van der Waals surface area contributed by atoms with Crippen molar-refractivity contribution in [1.29, 1.82) is 0 Å². The highest BCUT2D eigenvalue weighted by Crippen LogP contribution is 2.30. The average molecular weight is 480 g/mol. The molecule has 1 saturated heterocycles. The number of aromatic amines is 1. The number of hydrogen-bond acceptors (Lipinski definition) is 7. The molecule has 1 aromatic carbocycles. The van der Waals surface area contributed by atoms with Gasteiger partial charge in [-0.1, -0.05) is 18.2 Å². The van der Waals surface area contributed by atoms with Crippen molar-refractivity contribution in [2.45, 2.75) is 31.2 Å². The molecule has 6 rings (SSSR count). The van der Waals surface area contributed by atoms with Crippen molar-refractivity contribution in [2.24, 2.45) is 5.10 Å². The van der Waals surface area contributed by atoms with Crippen molar-refractivity contribution in [1.82, 2.24) is 25.3 Å². The standard InChI is InChI=1S/C28H29N7O/c36-28-26-21(10-14-31-28)15-25(22-16-32-35(17-22)18-24-3-1-2-11-30-24)34-27(26)33-23-6-4-19(5-7-23)20-8-12-29-13-9-20/h1-7,10-11,14-16,20,22,29H,8-9,12-13,17-18H2,(H,31,36)(H,33,34). The van der Waals surface area contributed by atoms with Crippen molar-refractivity contribution in [2.75, 3.05) is 25.0 Å². The Balaban J connectivity index is 1.26. The second-order valence-corrected chi connectivity index (χ2v) is 9.48. The van der Waals surface area contributed by atoms with Gasteiger partial charge in [-0.2, -0.15) is 5.10 Å². The first-order chi connectivity index (χ1) is 17.7. The van der Waals surface area contributed by atoms with Gasteiger partial charge in [-0.05, 0) is 79.2 Å². The summed E-state index contributed by atoms with van der Waals surface area (Å²) >= 11 is 0. The lowest BCUT2D eigenvalue weighted by molar-refractivity contribution is 0.297. The van der Waals surface area contributed by atoms with Gasteiger partial charge in [0.2, 0.25) is 0 Å². The third kappa shape index (κ3) is 4.72. The fourth-order valence-electron chi connectivity index (χ4n) is 5.10. The van der Waals surface area contributed by atoms with E-state index in [1.165, 1.54) is 5.56 Å². The van der Waals surface area contributed by atoms with Crippen LogP contribution in [0, 0.1) is 0 Å². The number of anilines is 2. The Kier molecular flexibility index (Phi) is 6.17. The number of H-pyrrole nitrogens is 1. The Morgan fingerprint density at radius 3 is 2.72 bits per heavy atom. The zero-order chi connectivity index (χ0) is 24.3. The lowest BCUT2D eigenvalue weighted by Crippen LogP contribution is -2.26. The third-order valence-electron chi connectivity index (χ3n) is 7.03. The largest absolute Gasteiger partial charge is 0.340 e. The number of hydrazone groups is 1. The second kappa shape index (κ2) is 9.91. The number of piperidine rings is 1. The molecule has 5 heterocycles. The zero-order valence-corrected chi connectivity index (χ0v) is 20.0. The first kappa shape index (κ1) is 22.4. The van der Waals surface area contributed by atoms with Gasteiger partial charge in [0, 0.05) is 30.8 Å². The van der Waals surface area contributed by atoms with E-state index in [-0.39, 0.29) is 11.5 Å². The van der Waals surface area contributed by atoms with Crippen molar-refractivity contribution in [3.05, 3.63) is 94.3 Å². The Hall–Kier alpha value is -4.04. The van der Waals surface area contributed by atoms with Gasteiger partial charge in [-0.3, -0.25) is 14.8 Å². The lowest BCUT2D eigenvalue weighted by Gasteiger charge is -2.23. The first-order valence-corrected chi connectivity index (χ1v) is 12.5. The van der Waals surface area contributed by atoms with Gasteiger partial charge < -0.3 is 15.6 Å². The lowest BCUT2D eigenvalue weighted by atomic mass is 9.90. The Morgan fingerprint density at radius 1 is 1.06 bits per heavy atom. The normalized spacial score (nSPS) is 18.1. The molecule has 2 aliphatic rings. The van der Waals surface area contributed by atoms with E-state index >= 15 is 0 Å². The maximum atomic E-state index is 12.8. The quantitative estimate of drug-likeness (QED) is 0.385. The summed E-state index contributed by atoms with van der Waals surface area (Å²) in [5, 5.41) is 14.9. The van der Waals surface area contributed by atoms with Gasteiger partial charge in [0.25, 0.3) is 5.56 Å². The summed E-state index contributed by atoms with van der Waals surface area (Å²) < 4.78 is 0. The molecule has 0 radical (unpaired) electrons. The van der Waals surface area contributed by atoms with Crippen LogP contribution in [0.5, 0.6) is 0 Å². The highest BCUT2D eigenvalue weighted by molar-refractivity contribution is 5.93. The molecule has 4 aromatic rings. The van der Waals surface area contributed by atoms with Gasteiger partial charge in [0.15, 0.2) is 0 Å². The molecule has 1 fully saturated rings. The number of hydrogen-bond donors (Lipinski definition) is 3. The van der Waals surface area contributed by atoms with E-state index in [1.807, 2.05) is 41.6 Å². The van der Waals surface area contributed by atoms with Crippen LogP contribution in [0.2, 0.25) is 0 Å². The molecular weight excluding hydrogens is 450 g/mol. The predicted molar refractivity (Wildman–Crippen MR) is 143 cm³/mol. The Labute approximate surface area is 209 Å². The van der Waals surface area contributed by atoms with E-state index in [0.717, 1.165) is 48.4 Å². The van der Waals surface area contributed by atoms with Crippen LogP contribution < -0.4 is 16.2 Å². The molecule has 2 aliphatic heterocycles. The molecule has 0 bridgehead atoms. The predicted octanol–water partition coefficient (Wildman–Crippen LogP) is 4.11. The monoisotopic (exact) mass is 479 g/mol. The van der Waals surface area contributed by atoms with Crippen LogP contribution in [0.1, 0.15) is 41.6 Å².